The van der Waals surface area contributed by atoms with Crippen molar-refractivity contribution in [2.45, 2.75) is 51.5 Å². The van der Waals surface area contributed by atoms with Crippen molar-refractivity contribution in [1.82, 2.24) is 14.5 Å². The molecule has 1 aliphatic rings. The number of likely N-dealkylation sites (tertiary alicyclic amines) is 1. The molecule has 1 aromatic heterocycles. The van der Waals surface area contributed by atoms with E-state index in [9.17, 15) is 4.79 Å². The zero-order valence-corrected chi connectivity index (χ0v) is 14.7. The quantitative estimate of drug-likeness (QED) is 0.843. The summed E-state index contributed by atoms with van der Waals surface area (Å²) >= 11 is 0. The zero-order chi connectivity index (χ0) is 17.0. The van der Waals surface area contributed by atoms with Crippen LogP contribution in [-0.2, 0) is 16.8 Å². The lowest BCUT2D eigenvalue weighted by Gasteiger charge is -2.41. The summed E-state index contributed by atoms with van der Waals surface area (Å²) in [5.41, 5.74) is 1.42. The van der Waals surface area contributed by atoms with Gasteiger partial charge in [-0.05, 0) is 31.7 Å². The Morgan fingerprint density at radius 2 is 2.08 bits per heavy atom. The summed E-state index contributed by atoms with van der Waals surface area (Å²) in [6.45, 7) is 6.88. The van der Waals surface area contributed by atoms with Crippen molar-refractivity contribution in [3.8, 4) is 0 Å². The molecule has 1 aromatic carbocycles. The lowest BCUT2D eigenvalue weighted by atomic mass is 9.76. The van der Waals surface area contributed by atoms with E-state index in [1.54, 1.807) is 0 Å². The Morgan fingerprint density at radius 3 is 2.79 bits per heavy atom. The van der Waals surface area contributed by atoms with Crippen molar-refractivity contribution in [3.05, 3.63) is 54.1 Å². The topological polar surface area (TPSA) is 38.1 Å². The van der Waals surface area contributed by atoms with E-state index in [0.29, 0.717) is 6.42 Å². The van der Waals surface area contributed by atoms with Crippen LogP contribution < -0.4 is 0 Å². The molecule has 1 amide bonds. The van der Waals surface area contributed by atoms with Gasteiger partial charge in [-0.1, -0.05) is 37.3 Å². The van der Waals surface area contributed by atoms with Crippen molar-refractivity contribution < 1.29 is 4.79 Å². The Labute approximate surface area is 144 Å². The molecule has 0 radical (unpaired) electrons. The summed E-state index contributed by atoms with van der Waals surface area (Å²) in [6, 6.07) is 10.6. The van der Waals surface area contributed by atoms with Gasteiger partial charge in [-0.15, -0.1) is 0 Å². The van der Waals surface area contributed by atoms with Gasteiger partial charge in [0.1, 0.15) is 5.82 Å². The first-order valence-electron chi connectivity index (χ1n) is 8.89. The van der Waals surface area contributed by atoms with Crippen LogP contribution in [0.3, 0.4) is 0 Å². The van der Waals surface area contributed by atoms with Crippen LogP contribution in [0, 0.1) is 6.92 Å². The number of hydrogen-bond acceptors (Lipinski definition) is 2. The summed E-state index contributed by atoms with van der Waals surface area (Å²) in [5.74, 6) is 1.30. The van der Waals surface area contributed by atoms with Gasteiger partial charge in [0.2, 0.25) is 5.91 Å². The maximum Gasteiger partial charge on any atom is 0.222 e. The maximum absolute atomic E-state index is 12.6. The molecule has 0 aliphatic carbocycles. The molecule has 0 bridgehead atoms. The smallest absolute Gasteiger partial charge is 0.222 e. The second-order valence-electron chi connectivity index (χ2n) is 7.12. The van der Waals surface area contributed by atoms with Crippen LogP contribution in [0.1, 0.15) is 44.0 Å². The number of benzene rings is 1. The lowest BCUT2D eigenvalue weighted by molar-refractivity contribution is -0.133. The number of carbonyl (C=O) groups excluding carboxylic acids is 1. The maximum atomic E-state index is 12.6. The van der Waals surface area contributed by atoms with Gasteiger partial charge in [-0.3, -0.25) is 4.79 Å². The molecule has 24 heavy (non-hydrogen) atoms. The Kier molecular flexibility index (Phi) is 5.03. The van der Waals surface area contributed by atoms with Gasteiger partial charge >= 0.3 is 0 Å². The van der Waals surface area contributed by atoms with Crippen LogP contribution in [0.25, 0.3) is 0 Å². The molecule has 3 rings (SSSR count). The minimum absolute atomic E-state index is 0.0795. The van der Waals surface area contributed by atoms with E-state index in [2.05, 4.69) is 51.7 Å². The molecular weight excluding hydrogens is 298 g/mol. The highest BCUT2D eigenvalue weighted by atomic mass is 16.2. The predicted molar refractivity (Wildman–Crippen MR) is 95.8 cm³/mol. The third-order valence-corrected chi connectivity index (χ3v) is 5.23. The largest absolute Gasteiger partial charge is 0.342 e. The summed E-state index contributed by atoms with van der Waals surface area (Å²) in [5, 5.41) is 0. The molecule has 1 fully saturated rings. The van der Waals surface area contributed by atoms with Crippen molar-refractivity contribution in [2.75, 3.05) is 13.1 Å². The van der Waals surface area contributed by atoms with Crippen molar-refractivity contribution >= 4 is 5.91 Å². The van der Waals surface area contributed by atoms with Crippen LogP contribution in [-0.4, -0.2) is 33.4 Å². The van der Waals surface area contributed by atoms with Crippen LogP contribution in [0.2, 0.25) is 0 Å². The van der Waals surface area contributed by atoms with E-state index in [0.717, 1.165) is 44.7 Å². The standard InChI is InChI=1S/C20H27N3O/c1-17-21-12-15-22(17)13-6-10-19(24)23-14-7-11-20(2,16-23)18-8-4-3-5-9-18/h3-5,8-9,12,15H,6-7,10-11,13-14,16H2,1-2H3/t20-/m0/s1. The van der Waals surface area contributed by atoms with E-state index in [4.69, 9.17) is 0 Å². The van der Waals surface area contributed by atoms with E-state index >= 15 is 0 Å². The highest BCUT2D eigenvalue weighted by Gasteiger charge is 2.34. The molecule has 2 aromatic rings. The summed E-state index contributed by atoms with van der Waals surface area (Å²) in [7, 11) is 0. The molecule has 0 unspecified atom stereocenters. The highest BCUT2D eigenvalue weighted by molar-refractivity contribution is 5.76. The first-order chi connectivity index (χ1) is 11.6. The number of piperidine rings is 1. The monoisotopic (exact) mass is 325 g/mol. The first-order valence-corrected chi connectivity index (χ1v) is 8.89. The molecule has 1 atom stereocenters. The first kappa shape index (κ1) is 16.7. The number of nitrogens with zero attached hydrogens (tertiary/aromatic N) is 3. The Hall–Kier alpha value is -2.10. The molecule has 0 spiro atoms. The molecule has 2 heterocycles. The molecule has 0 N–H and O–H groups in total. The average Bonchev–Trinajstić information content (AvgIpc) is 3.01. The molecule has 1 saturated heterocycles. The number of amides is 1. The van der Waals surface area contributed by atoms with Crippen LogP contribution in [0.5, 0.6) is 0 Å². The SMILES string of the molecule is Cc1nccn1CCCC(=O)N1CCC[C@](C)(c2ccccc2)C1. The van der Waals surface area contributed by atoms with Crippen molar-refractivity contribution in [1.29, 1.82) is 0 Å². The molecule has 4 nitrogen and oxygen atoms in total. The fourth-order valence-electron chi connectivity index (χ4n) is 3.73. The van der Waals surface area contributed by atoms with Crippen LogP contribution in [0.15, 0.2) is 42.7 Å². The van der Waals surface area contributed by atoms with Gasteiger partial charge in [-0.25, -0.2) is 4.98 Å². The Balaban J connectivity index is 1.56. The number of carbonyl (C=O) groups is 1. The second-order valence-corrected chi connectivity index (χ2v) is 7.12. The highest BCUT2D eigenvalue weighted by Crippen LogP contribution is 2.33. The zero-order valence-electron chi connectivity index (χ0n) is 14.7. The molecule has 0 saturated carbocycles. The van der Waals surface area contributed by atoms with Gasteiger partial charge < -0.3 is 9.47 Å². The van der Waals surface area contributed by atoms with Crippen LogP contribution in [0.4, 0.5) is 0 Å². The average molecular weight is 325 g/mol. The summed E-state index contributed by atoms with van der Waals surface area (Å²) < 4.78 is 2.11. The number of imidazole rings is 1. The molecule has 1 aliphatic heterocycles. The summed E-state index contributed by atoms with van der Waals surface area (Å²) in [6.07, 6.45) is 7.50. The van der Waals surface area contributed by atoms with Gasteiger partial charge in [0, 0.05) is 43.9 Å². The Morgan fingerprint density at radius 1 is 1.29 bits per heavy atom. The number of hydrogen-bond donors (Lipinski definition) is 0. The molecular formula is C20H27N3O. The lowest BCUT2D eigenvalue weighted by Crippen LogP contribution is -2.47. The normalized spacial score (nSPS) is 21.0. The fraction of sp³-hybridized carbons (Fsp3) is 0.500. The summed E-state index contributed by atoms with van der Waals surface area (Å²) in [4.78, 5) is 18.9. The van der Waals surface area contributed by atoms with Crippen molar-refractivity contribution in [2.24, 2.45) is 0 Å². The van der Waals surface area contributed by atoms with E-state index < -0.39 is 0 Å². The molecule has 4 heteroatoms. The molecule has 128 valence electrons. The second kappa shape index (κ2) is 7.20. The fourth-order valence-corrected chi connectivity index (χ4v) is 3.73. The number of rotatable bonds is 5. The predicted octanol–water partition coefficient (Wildman–Crippen LogP) is 3.55. The van der Waals surface area contributed by atoms with Gasteiger partial charge in [0.15, 0.2) is 0 Å². The third kappa shape index (κ3) is 3.69. The van der Waals surface area contributed by atoms with Crippen molar-refractivity contribution in [3.63, 3.8) is 0 Å². The van der Waals surface area contributed by atoms with E-state index in [1.807, 2.05) is 19.3 Å². The minimum atomic E-state index is 0.0795. The Bertz CT molecular complexity index is 679. The van der Waals surface area contributed by atoms with Crippen LogP contribution >= 0.6 is 0 Å². The minimum Gasteiger partial charge on any atom is -0.342 e. The van der Waals surface area contributed by atoms with E-state index in [1.165, 1.54) is 5.56 Å². The number of aryl methyl sites for hydroxylation is 2. The number of aromatic nitrogens is 2. The van der Waals surface area contributed by atoms with Gasteiger partial charge in [-0.2, -0.15) is 0 Å². The third-order valence-electron chi connectivity index (χ3n) is 5.23. The van der Waals surface area contributed by atoms with Gasteiger partial charge in [0.05, 0.1) is 0 Å². The van der Waals surface area contributed by atoms with Gasteiger partial charge in [0.25, 0.3) is 0 Å². The van der Waals surface area contributed by atoms with E-state index in [-0.39, 0.29) is 11.3 Å².